The van der Waals surface area contributed by atoms with E-state index in [2.05, 4.69) is 31.3 Å². The van der Waals surface area contributed by atoms with Crippen molar-refractivity contribution in [2.75, 3.05) is 5.43 Å². The fraction of sp³-hybridized carbons (Fsp3) is 0.333. The molecule has 3 N–H and O–H groups in total. The normalized spacial score (nSPS) is 11.3. The SMILES string of the molecule is Cc1c(NN)nc(C(C)(C)C)nc1Oc1cccc(Br)c1. The number of nitrogens with two attached hydrogens (primary N) is 1. The van der Waals surface area contributed by atoms with E-state index in [-0.39, 0.29) is 5.41 Å². The van der Waals surface area contributed by atoms with Gasteiger partial charge in [-0.15, -0.1) is 0 Å². The van der Waals surface area contributed by atoms with Crippen LogP contribution in [0.3, 0.4) is 0 Å². The van der Waals surface area contributed by atoms with Gasteiger partial charge in [-0.1, -0.05) is 42.8 Å². The lowest BCUT2D eigenvalue weighted by molar-refractivity contribution is 0.442. The first-order chi connectivity index (χ1) is 9.81. The van der Waals surface area contributed by atoms with Gasteiger partial charge in [-0.25, -0.2) is 10.8 Å². The second kappa shape index (κ2) is 5.99. The van der Waals surface area contributed by atoms with Gasteiger partial charge in [0, 0.05) is 9.89 Å². The molecule has 0 unspecified atom stereocenters. The Morgan fingerprint density at radius 1 is 1.24 bits per heavy atom. The van der Waals surface area contributed by atoms with Crippen LogP contribution in [-0.2, 0) is 5.41 Å². The quantitative estimate of drug-likeness (QED) is 0.648. The molecular weight excluding hydrogens is 332 g/mol. The summed E-state index contributed by atoms with van der Waals surface area (Å²) in [6.45, 7) is 8.00. The first-order valence-electron chi connectivity index (χ1n) is 6.60. The summed E-state index contributed by atoms with van der Waals surface area (Å²) in [4.78, 5) is 8.98. The molecule has 0 aliphatic carbocycles. The largest absolute Gasteiger partial charge is 0.439 e. The summed E-state index contributed by atoms with van der Waals surface area (Å²) < 4.78 is 6.84. The average Bonchev–Trinajstić information content (AvgIpc) is 2.40. The summed E-state index contributed by atoms with van der Waals surface area (Å²) in [5, 5.41) is 0. The van der Waals surface area contributed by atoms with Gasteiger partial charge in [0.2, 0.25) is 5.88 Å². The van der Waals surface area contributed by atoms with E-state index in [0.717, 1.165) is 10.0 Å². The summed E-state index contributed by atoms with van der Waals surface area (Å²) in [5.41, 5.74) is 3.17. The molecule has 1 aromatic heterocycles. The molecule has 0 amide bonds. The zero-order valence-corrected chi connectivity index (χ0v) is 14.2. The molecule has 1 heterocycles. The predicted molar refractivity (Wildman–Crippen MR) is 87.5 cm³/mol. The Balaban J connectivity index is 2.47. The molecule has 0 fully saturated rings. The Bertz CT molecular complexity index is 653. The number of hydrogen-bond donors (Lipinski definition) is 2. The Hall–Kier alpha value is -1.66. The van der Waals surface area contributed by atoms with Crippen molar-refractivity contribution in [1.82, 2.24) is 9.97 Å². The second-order valence-corrected chi connectivity index (χ2v) is 6.70. The minimum Gasteiger partial charge on any atom is -0.439 e. The standard InChI is InChI=1S/C15H19BrN4O/c1-9-12(20-17)18-14(15(2,3)4)19-13(9)21-11-7-5-6-10(16)8-11/h5-8H,17H2,1-4H3,(H,18,19,20). The van der Waals surface area contributed by atoms with Crippen LogP contribution in [0.5, 0.6) is 11.6 Å². The van der Waals surface area contributed by atoms with Crippen molar-refractivity contribution in [1.29, 1.82) is 0 Å². The van der Waals surface area contributed by atoms with Crippen molar-refractivity contribution in [2.24, 2.45) is 5.84 Å². The van der Waals surface area contributed by atoms with Crippen LogP contribution in [0.25, 0.3) is 0 Å². The number of rotatable bonds is 3. The summed E-state index contributed by atoms with van der Waals surface area (Å²) in [6.07, 6.45) is 0. The van der Waals surface area contributed by atoms with Gasteiger partial charge in [0.25, 0.3) is 0 Å². The van der Waals surface area contributed by atoms with E-state index >= 15 is 0 Å². The minimum atomic E-state index is -0.200. The van der Waals surface area contributed by atoms with Gasteiger partial charge in [-0.3, -0.25) is 0 Å². The van der Waals surface area contributed by atoms with E-state index in [0.29, 0.717) is 23.3 Å². The number of nitrogens with zero attached hydrogens (tertiary/aromatic N) is 2. The third-order valence-corrected chi connectivity index (χ3v) is 3.41. The number of hydrogen-bond acceptors (Lipinski definition) is 5. The highest BCUT2D eigenvalue weighted by molar-refractivity contribution is 9.10. The van der Waals surface area contributed by atoms with Crippen molar-refractivity contribution >= 4 is 21.7 Å². The summed E-state index contributed by atoms with van der Waals surface area (Å²) >= 11 is 3.42. The van der Waals surface area contributed by atoms with Gasteiger partial charge in [-0.2, -0.15) is 4.98 Å². The number of halogens is 1. The van der Waals surface area contributed by atoms with Crippen molar-refractivity contribution in [2.45, 2.75) is 33.1 Å². The van der Waals surface area contributed by atoms with E-state index in [9.17, 15) is 0 Å². The molecule has 0 atom stereocenters. The molecule has 1 aromatic carbocycles. The van der Waals surface area contributed by atoms with Gasteiger partial charge >= 0.3 is 0 Å². The highest BCUT2D eigenvalue weighted by atomic mass is 79.9. The molecule has 0 bridgehead atoms. The van der Waals surface area contributed by atoms with E-state index in [1.165, 1.54) is 0 Å². The Labute approximate surface area is 133 Å². The molecule has 0 spiro atoms. The molecule has 6 heteroatoms. The molecular formula is C15H19BrN4O. The van der Waals surface area contributed by atoms with Crippen LogP contribution >= 0.6 is 15.9 Å². The maximum Gasteiger partial charge on any atom is 0.227 e. The maximum absolute atomic E-state index is 5.89. The van der Waals surface area contributed by atoms with Gasteiger partial charge < -0.3 is 10.2 Å². The molecule has 0 saturated carbocycles. The molecule has 21 heavy (non-hydrogen) atoms. The van der Waals surface area contributed by atoms with Crippen molar-refractivity contribution in [3.05, 3.63) is 40.1 Å². The fourth-order valence-electron chi connectivity index (χ4n) is 1.71. The van der Waals surface area contributed by atoms with Crippen LogP contribution in [0.2, 0.25) is 0 Å². The summed E-state index contributed by atoms with van der Waals surface area (Å²) in [5.74, 6) is 7.99. The molecule has 0 aliphatic heterocycles. The van der Waals surface area contributed by atoms with E-state index in [1.807, 2.05) is 52.0 Å². The Morgan fingerprint density at radius 3 is 2.52 bits per heavy atom. The fourth-order valence-corrected chi connectivity index (χ4v) is 2.09. The maximum atomic E-state index is 5.89. The number of nitrogens with one attached hydrogen (secondary N) is 1. The summed E-state index contributed by atoms with van der Waals surface area (Å²) in [7, 11) is 0. The van der Waals surface area contributed by atoms with Crippen LogP contribution < -0.4 is 16.0 Å². The van der Waals surface area contributed by atoms with Crippen LogP contribution in [0, 0.1) is 6.92 Å². The van der Waals surface area contributed by atoms with Crippen molar-refractivity contribution in [3.63, 3.8) is 0 Å². The average molecular weight is 351 g/mol. The highest BCUT2D eigenvalue weighted by Gasteiger charge is 2.22. The Kier molecular flexibility index (Phi) is 4.49. The van der Waals surface area contributed by atoms with Gasteiger partial charge in [0.1, 0.15) is 11.6 Å². The number of anilines is 1. The predicted octanol–water partition coefficient (Wildman–Crippen LogP) is 3.92. The first kappa shape index (κ1) is 15.7. The number of benzene rings is 1. The van der Waals surface area contributed by atoms with Gasteiger partial charge in [-0.05, 0) is 25.1 Å². The lowest BCUT2D eigenvalue weighted by Crippen LogP contribution is -2.20. The summed E-state index contributed by atoms with van der Waals surface area (Å²) in [6, 6.07) is 7.60. The minimum absolute atomic E-state index is 0.200. The number of aromatic nitrogens is 2. The zero-order valence-electron chi connectivity index (χ0n) is 12.6. The lowest BCUT2D eigenvalue weighted by Gasteiger charge is -2.20. The van der Waals surface area contributed by atoms with Crippen LogP contribution in [0.1, 0.15) is 32.2 Å². The number of ether oxygens (including phenoxy) is 1. The highest BCUT2D eigenvalue weighted by Crippen LogP contribution is 2.31. The molecule has 112 valence electrons. The van der Waals surface area contributed by atoms with Crippen LogP contribution in [0.15, 0.2) is 28.7 Å². The first-order valence-corrected chi connectivity index (χ1v) is 7.39. The third-order valence-electron chi connectivity index (χ3n) is 2.92. The van der Waals surface area contributed by atoms with E-state index < -0.39 is 0 Å². The molecule has 2 aromatic rings. The number of nitrogen functional groups attached to an aromatic ring is 1. The lowest BCUT2D eigenvalue weighted by atomic mass is 9.95. The zero-order chi connectivity index (χ0) is 15.6. The van der Waals surface area contributed by atoms with Crippen LogP contribution in [0.4, 0.5) is 5.82 Å². The van der Waals surface area contributed by atoms with Gasteiger partial charge in [0.15, 0.2) is 5.82 Å². The molecule has 5 nitrogen and oxygen atoms in total. The molecule has 0 saturated heterocycles. The Morgan fingerprint density at radius 2 is 1.95 bits per heavy atom. The molecule has 0 aliphatic rings. The third kappa shape index (κ3) is 3.71. The topological polar surface area (TPSA) is 73.1 Å². The van der Waals surface area contributed by atoms with Gasteiger partial charge in [0.05, 0.1) is 5.56 Å². The smallest absolute Gasteiger partial charge is 0.227 e. The number of hydrazine groups is 1. The van der Waals surface area contributed by atoms with Crippen LogP contribution in [-0.4, -0.2) is 9.97 Å². The van der Waals surface area contributed by atoms with Crippen molar-refractivity contribution < 1.29 is 4.74 Å². The second-order valence-electron chi connectivity index (χ2n) is 5.78. The van der Waals surface area contributed by atoms with Crippen molar-refractivity contribution in [3.8, 4) is 11.6 Å². The molecule has 2 rings (SSSR count). The molecule has 0 radical (unpaired) electrons. The monoisotopic (exact) mass is 350 g/mol. The van der Waals surface area contributed by atoms with E-state index in [1.54, 1.807) is 0 Å². The van der Waals surface area contributed by atoms with E-state index in [4.69, 9.17) is 10.6 Å².